The molecule has 1 aromatic heterocycles. The minimum absolute atomic E-state index is 0.0405. The summed E-state index contributed by atoms with van der Waals surface area (Å²) >= 11 is 0. The van der Waals surface area contributed by atoms with Crippen LogP contribution in [0.1, 0.15) is 51.9 Å². The van der Waals surface area contributed by atoms with Crippen LogP contribution in [0.15, 0.2) is 41.6 Å². The summed E-state index contributed by atoms with van der Waals surface area (Å²) < 4.78 is 5.73. The Bertz CT molecular complexity index is 682. The third kappa shape index (κ3) is 5.35. The van der Waals surface area contributed by atoms with Crippen LogP contribution in [0.3, 0.4) is 0 Å². The average Bonchev–Trinajstić information content (AvgIpc) is 2.68. The third-order valence-electron chi connectivity index (χ3n) is 4.86. The summed E-state index contributed by atoms with van der Waals surface area (Å²) in [5.74, 6) is 1.07. The molecule has 0 saturated carbocycles. The first kappa shape index (κ1) is 18.5. The van der Waals surface area contributed by atoms with Crippen LogP contribution < -0.4 is 10.1 Å². The van der Waals surface area contributed by atoms with E-state index in [0.717, 1.165) is 25.9 Å². The minimum atomic E-state index is -0.0405. The van der Waals surface area contributed by atoms with Gasteiger partial charge in [0.25, 0.3) is 0 Å². The molecule has 26 heavy (non-hydrogen) atoms. The predicted molar refractivity (Wildman–Crippen MR) is 104 cm³/mol. The summed E-state index contributed by atoms with van der Waals surface area (Å²) in [6, 6.07) is 5.45. The van der Waals surface area contributed by atoms with Crippen molar-refractivity contribution in [3.8, 4) is 5.88 Å². The zero-order valence-electron chi connectivity index (χ0n) is 15.7. The maximum absolute atomic E-state index is 11.4. The number of nitrogens with zero attached hydrogens (tertiary/aromatic N) is 2. The first-order valence-corrected chi connectivity index (χ1v) is 9.78. The number of carbonyl (C=O) groups excluding carboxylic acids is 1. The molecule has 5 nitrogen and oxygen atoms in total. The largest absolute Gasteiger partial charge is 0.478 e. The molecular weight excluding hydrogens is 326 g/mol. The van der Waals surface area contributed by atoms with Crippen LogP contribution in [0.25, 0.3) is 0 Å². The molecule has 0 fully saturated rings. The van der Waals surface area contributed by atoms with E-state index in [4.69, 9.17) is 4.74 Å². The van der Waals surface area contributed by atoms with E-state index in [-0.39, 0.29) is 5.91 Å². The van der Waals surface area contributed by atoms with Crippen molar-refractivity contribution >= 4 is 11.7 Å². The normalized spacial score (nSPS) is 16.4. The molecule has 1 aromatic rings. The molecule has 5 heteroatoms. The maximum atomic E-state index is 11.4. The van der Waals surface area contributed by atoms with Crippen LogP contribution in [0.4, 0.5) is 5.82 Å². The smallest absolute Gasteiger partial charge is 0.225 e. The number of unbranched alkanes of at least 4 members (excludes halogenated alkanes) is 1. The lowest BCUT2D eigenvalue weighted by atomic mass is 9.90. The summed E-state index contributed by atoms with van der Waals surface area (Å²) in [5.41, 5.74) is 3.13. The fourth-order valence-electron chi connectivity index (χ4n) is 3.39. The molecule has 2 aliphatic rings. The first-order valence-electron chi connectivity index (χ1n) is 9.78. The van der Waals surface area contributed by atoms with E-state index in [0.29, 0.717) is 24.7 Å². The summed E-state index contributed by atoms with van der Waals surface area (Å²) in [5, 5.41) is 2.75. The number of pyridine rings is 1. The van der Waals surface area contributed by atoms with Crippen LogP contribution in [-0.2, 0) is 4.79 Å². The number of anilines is 1. The Morgan fingerprint density at radius 2 is 2.19 bits per heavy atom. The van der Waals surface area contributed by atoms with Gasteiger partial charge in [-0.2, -0.15) is 4.98 Å². The molecule has 0 aromatic carbocycles. The van der Waals surface area contributed by atoms with Gasteiger partial charge in [-0.05, 0) is 55.7 Å². The number of carbonyl (C=O) groups is 1. The lowest BCUT2D eigenvalue weighted by molar-refractivity contribution is -0.115. The zero-order valence-corrected chi connectivity index (χ0v) is 15.7. The molecule has 1 aliphatic heterocycles. The van der Waals surface area contributed by atoms with E-state index in [1.54, 1.807) is 17.2 Å². The van der Waals surface area contributed by atoms with Gasteiger partial charge in [0.1, 0.15) is 5.82 Å². The van der Waals surface area contributed by atoms with Gasteiger partial charge >= 0.3 is 0 Å². The molecule has 0 atom stereocenters. The molecule has 2 heterocycles. The van der Waals surface area contributed by atoms with E-state index in [1.165, 1.54) is 25.7 Å². The number of hydrogen-bond donors (Lipinski definition) is 1. The van der Waals surface area contributed by atoms with Crippen molar-refractivity contribution in [3.05, 3.63) is 41.6 Å². The summed E-state index contributed by atoms with van der Waals surface area (Å²) in [6.45, 7) is 4.68. The standard InChI is InChI=1S/C21H29N3O2/c1-2-20(25)22-19-10-7-11-21(23-19)26-15-6-5-13-24-14-12-17-8-3-4-9-18(17)16-24/h7-8,10-11,16H,2-6,9,12-15H2,1H3,(H,22,23,25). The van der Waals surface area contributed by atoms with Gasteiger partial charge in [-0.25, -0.2) is 0 Å². The Morgan fingerprint density at radius 1 is 1.27 bits per heavy atom. The zero-order chi connectivity index (χ0) is 18.2. The van der Waals surface area contributed by atoms with Crippen LogP contribution in [0.5, 0.6) is 5.88 Å². The van der Waals surface area contributed by atoms with Gasteiger partial charge < -0.3 is 15.0 Å². The van der Waals surface area contributed by atoms with Crippen LogP contribution in [0, 0.1) is 0 Å². The Labute approximate surface area is 156 Å². The fraction of sp³-hybridized carbons (Fsp3) is 0.524. The quantitative estimate of drug-likeness (QED) is 0.707. The van der Waals surface area contributed by atoms with E-state index in [9.17, 15) is 4.79 Å². The molecule has 3 rings (SSSR count). The monoisotopic (exact) mass is 355 g/mol. The molecule has 0 radical (unpaired) electrons. The highest BCUT2D eigenvalue weighted by atomic mass is 16.5. The first-order chi connectivity index (χ1) is 12.7. The molecule has 140 valence electrons. The van der Waals surface area contributed by atoms with Crippen LogP contribution in [-0.4, -0.2) is 35.5 Å². The topological polar surface area (TPSA) is 54.5 Å². The SMILES string of the molecule is CCC(=O)Nc1cccc(OCCCCN2C=C3CCCC=C3CC2)n1. The lowest BCUT2D eigenvalue weighted by Gasteiger charge is -2.30. The summed E-state index contributed by atoms with van der Waals surface area (Å²) in [7, 11) is 0. The lowest BCUT2D eigenvalue weighted by Crippen LogP contribution is -2.26. The van der Waals surface area contributed by atoms with Gasteiger partial charge in [-0.3, -0.25) is 4.79 Å². The molecular formula is C21H29N3O2. The van der Waals surface area contributed by atoms with Crippen LogP contribution in [0.2, 0.25) is 0 Å². The maximum Gasteiger partial charge on any atom is 0.225 e. The Hall–Kier alpha value is -2.30. The van der Waals surface area contributed by atoms with E-state index in [1.807, 2.05) is 19.1 Å². The van der Waals surface area contributed by atoms with Crippen molar-refractivity contribution in [3.63, 3.8) is 0 Å². The highest BCUT2D eigenvalue weighted by Gasteiger charge is 2.16. The van der Waals surface area contributed by atoms with Crippen molar-refractivity contribution in [2.24, 2.45) is 0 Å². The Morgan fingerprint density at radius 3 is 3.08 bits per heavy atom. The van der Waals surface area contributed by atoms with Gasteiger partial charge in [0.2, 0.25) is 11.8 Å². The van der Waals surface area contributed by atoms with Crippen molar-refractivity contribution < 1.29 is 9.53 Å². The number of rotatable bonds is 8. The Kier molecular flexibility index (Phi) is 6.69. The molecule has 1 aliphatic carbocycles. The molecule has 1 amide bonds. The van der Waals surface area contributed by atoms with E-state index < -0.39 is 0 Å². The molecule has 1 N–H and O–H groups in total. The second-order valence-corrected chi connectivity index (χ2v) is 6.88. The van der Waals surface area contributed by atoms with E-state index in [2.05, 4.69) is 27.5 Å². The fourth-order valence-corrected chi connectivity index (χ4v) is 3.39. The van der Waals surface area contributed by atoms with Gasteiger partial charge in [0.05, 0.1) is 6.61 Å². The number of hydrogen-bond acceptors (Lipinski definition) is 4. The molecule has 0 saturated heterocycles. The molecule has 0 unspecified atom stereocenters. The summed E-state index contributed by atoms with van der Waals surface area (Å²) in [4.78, 5) is 18.2. The highest BCUT2D eigenvalue weighted by Crippen LogP contribution is 2.30. The summed E-state index contributed by atoms with van der Waals surface area (Å²) in [6.07, 6.45) is 12.3. The number of fused-ring (bicyclic) bond motifs is 1. The second-order valence-electron chi connectivity index (χ2n) is 6.88. The van der Waals surface area contributed by atoms with Crippen molar-refractivity contribution in [1.82, 2.24) is 9.88 Å². The van der Waals surface area contributed by atoms with Crippen molar-refractivity contribution in [2.45, 2.75) is 51.9 Å². The van der Waals surface area contributed by atoms with Crippen LogP contribution >= 0.6 is 0 Å². The molecule has 0 bridgehead atoms. The number of ether oxygens (including phenoxy) is 1. The highest BCUT2D eigenvalue weighted by molar-refractivity contribution is 5.89. The minimum Gasteiger partial charge on any atom is -0.478 e. The third-order valence-corrected chi connectivity index (χ3v) is 4.86. The van der Waals surface area contributed by atoms with Crippen molar-refractivity contribution in [2.75, 3.05) is 25.0 Å². The number of nitrogens with one attached hydrogen (secondary N) is 1. The van der Waals surface area contributed by atoms with E-state index >= 15 is 0 Å². The average molecular weight is 355 g/mol. The van der Waals surface area contributed by atoms with Gasteiger partial charge in [-0.1, -0.05) is 19.1 Å². The van der Waals surface area contributed by atoms with Gasteiger partial charge in [0.15, 0.2) is 0 Å². The molecule has 0 spiro atoms. The number of amides is 1. The van der Waals surface area contributed by atoms with Crippen molar-refractivity contribution in [1.29, 1.82) is 0 Å². The second kappa shape index (κ2) is 9.41. The predicted octanol–water partition coefficient (Wildman–Crippen LogP) is 4.29. The van der Waals surface area contributed by atoms with Gasteiger partial charge in [0, 0.05) is 31.8 Å². The number of aromatic nitrogens is 1. The van der Waals surface area contributed by atoms with Gasteiger partial charge in [-0.15, -0.1) is 0 Å². The Balaban J connectivity index is 1.37. The number of allylic oxidation sites excluding steroid dienone is 2.